The van der Waals surface area contributed by atoms with E-state index < -0.39 is 11.9 Å². The second kappa shape index (κ2) is 8.46. The first-order chi connectivity index (χ1) is 15.3. The zero-order valence-corrected chi connectivity index (χ0v) is 17.5. The van der Waals surface area contributed by atoms with E-state index in [2.05, 4.69) is 25.7 Å². The Labute approximate surface area is 182 Å². The number of halogens is 1. The summed E-state index contributed by atoms with van der Waals surface area (Å²) in [4.78, 5) is 32.7. The minimum Gasteiger partial charge on any atom is -0.447 e. The molecule has 3 aromatic heterocycles. The highest BCUT2D eigenvalue weighted by atomic mass is 19.1. The van der Waals surface area contributed by atoms with Crippen molar-refractivity contribution in [1.82, 2.24) is 24.1 Å². The van der Waals surface area contributed by atoms with Crippen LogP contribution in [0.1, 0.15) is 24.3 Å². The summed E-state index contributed by atoms with van der Waals surface area (Å²) in [6.07, 6.45) is 5.23. The van der Waals surface area contributed by atoms with Crippen LogP contribution in [0, 0.1) is 5.82 Å². The number of nitrogens with zero attached hydrogens (tertiary/aromatic N) is 5. The third-order valence-electron chi connectivity index (χ3n) is 4.45. The predicted molar refractivity (Wildman–Crippen MR) is 115 cm³/mol. The number of benzene rings is 1. The molecule has 0 radical (unpaired) electrons. The molecule has 0 aliphatic rings. The number of aromatic nitrogens is 5. The second-order valence-electron chi connectivity index (χ2n) is 7.24. The van der Waals surface area contributed by atoms with Crippen LogP contribution in [0.2, 0.25) is 0 Å². The molecule has 2 N–H and O–H groups in total. The molecule has 164 valence electrons. The van der Waals surface area contributed by atoms with Crippen LogP contribution < -0.4 is 10.6 Å². The largest absolute Gasteiger partial charge is 0.447 e. The average Bonchev–Trinajstić information content (AvgIpc) is 3.34. The van der Waals surface area contributed by atoms with E-state index >= 15 is 0 Å². The van der Waals surface area contributed by atoms with Crippen LogP contribution in [-0.2, 0) is 11.8 Å². The van der Waals surface area contributed by atoms with E-state index in [4.69, 9.17) is 4.74 Å². The van der Waals surface area contributed by atoms with E-state index in [1.165, 1.54) is 35.3 Å². The van der Waals surface area contributed by atoms with Gasteiger partial charge in [0, 0.05) is 36.9 Å². The molecule has 0 saturated carbocycles. The molecular formula is C21H20FN7O3. The average molecular weight is 437 g/mol. The number of rotatable bonds is 5. The molecular weight excluding hydrogens is 417 g/mol. The molecule has 32 heavy (non-hydrogen) atoms. The molecule has 0 bridgehead atoms. The van der Waals surface area contributed by atoms with Crippen LogP contribution in [0.25, 0.3) is 17.0 Å². The summed E-state index contributed by atoms with van der Waals surface area (Å²) >= 11 is 0. The Hall–Kier alpha value is -4.28. The van der Waals surface area contributed by atoms with Gasteiger partial charge in [-0.3, -0.25) is 19.2 Å². The maximum Gasteiger partial charge on any atom is 0.411 e. The molecule has 10 nitrogen and oxygen atoms in total. The van der Waals surface area contributed by atoms with Crippen molar-refractivity contribution in [1.29, 1.82) is 0 Å². The van der Waals surface area contributed by atoms with Gasteiger partial charge in [-0.1, -0.05) is 0 Å². The molecule has 0 aliphatic heterocycles. The maximum absolute atomic E-state index is 14.6. The van der Waals surface area contributed by atoms with Gasteiger partial charge in [0.25, 0.3) is 5.91 Å². The SMILES string of the molecule is CC(C)OC(=O)Nc1cnc2nc(-c3cc(NC(=O)c4ccnn4C)ccc3F)cn2c1. The van der Waals surface area contributed by atoms with Gasteiger partial charge in [-0.15, -0.1) is 0 Å². The number of aryl methyl sites for hydroxylation is 1. The first-order valence-electron chi connectivity index (χ1n) is 9.72. The lowest BCUT2D eigenvalue weighted by Gasteiger charge is -2.09. The molecule has 2 amide bonds. The van der Waals surface area contributed by atoms with Gasteiger partial charge in [0.1, 0.15) is 11.5 Å². The smallest absolute Gasteiger partial charge is 0.411 e. The normalized spacial score (nSPS) is 11.0. The van der Waals surface area contributed by atoms with Crippen molar-refractivity contribution in [2.45, 2.75) is 20.0 Å². The summed E-state index contributed by atoms with van der Waals surface area (Å²) in [5.41, 5.74) is 1.66. The number of anilines is 2. The van der Waals surface area contributed by atoms with Gasteiger partial charge in [-0.25, -0.2) is 19.2 Å². The second-order valence-corrected chi connectivity index (χ2v) is 7.24. The Balaban J connectivity index is 1.59. The first kappa shape index (κ1) is 21.0. The summed E-state index contributed by atoms with van der Waals surface area (Å²) in [7, 11) is 1.65. The number of hydrogen-bond acceptors (Lipinski definition) is 6. The Kier molecular flexibility index (Phi) is 5.54. The fraction of sp³-hybridized carbons (Fsp3) is 0.190. The Bertz CT molecular complexity index is 1310. The summed E-state index contributed by atoms with van der Waals surface area (Å²) in [5.74, 6) is -0.569. The fourth-order valence-corrected chi connectivity index (χ4v) is 3.03. The fourth-order valence-electron chi connectivity index (χ4n) is 3.03. The highest BCUT2D eigenvalue weighted by Gasteiger charge is 2.15. The van der Waals surface area contributed by atoms with Crippen molar-refractivity contribution >= 4 is 29.2 Å². The van der Waals surface area contributed by atoms with Gasteiger partial charge in [-0.05, 0) is 38.1 Å². The highest BCUT2D eigenvalue weighted by molar-refractivity contribution is 6.03. The van der Waals surface area contributed by atoms with Crippen LogP contribution >= 0.6 is 0 Å². The van der Waals surface area contributed by atoms with Gasteiger partial charge in [-0.2, -0.15) is 5.10 Å². The lowest BCUT2D eigenvalue weighted by molar-refractivity contribution is 0.101. The summed E-state index contributed by atoms with van der Waals surface area (Å²) in [6.45, 7) is 3.48. The molecule has 0 aliphatic carbocycles. The monoisotopic (exact) mass is 437 g/mol. The number of carbonyl (C=O) groups excluding carboxylic acids is 2. The van der Waals surface area contributed by atoms with Crippen LogP contribution in [0.15, 0.2) is 49.1 Å². The minimum atomic E-state index is -0.607. The van der Waals surface area contributed by atoms with Crippen LogP contribution in [0.5, 0.6) is 0 Å². The van der Waals surface area contributed by atoms with Gasteiger partial charge >= 0.3 is 6.09 Å². The first-order valence-corrected chi connectivity index (χ1v) is 9.72. The molecule has 0 atom stereocenters. The Morgan fingerprint density at radius 2 is 1.94 bits per heavy atom. The van der Waals surface area contributed by atoms with Gasteiger partial charge in [0.2, 0.25) is 5.78 Å². The Morgan fingerprint density at radius 1 is 1.12 bits per heavy atom. The standard InChI is InChI=1S/C21H20FN7O3/c1-12(2)32-21(31)26-14-9-23-20-27-17(11-29(20)10-14)15-8-13(4-5-16(15)22)25-19(30)18-6-7-24-28(18)3/h4-12H,1-3H3,(H,25,30)(H,26,31). The van der Waals surface area contributed by atoms with Crippen molar-refractivity contribution in [3.8, 4) is 11.3 Å². The van der Waals surface area contributed by atoms with E-state index in [9.17, 15) is 14.0 Å². The van der Waals surface area contributed by atoms with Crippen molar-refractivity contribution in [3.05, 3.63) is 60.6 Å². The zero-order valence-electron chi connectivity index (χ0n) is 17.5. The molecule has 1 aromatic carbocycles. The Morgan fingerprint density at radius 3 is 2.66 bits per heavy atom. The van der Waals surface area contributed by atoms with E-state index in [0.29, 0.717) is 28.5 Å². The van der Waals surface area contributed by atoms with Crippen molar-refractivity contribution in [2.75, 3.05) is 10.6 Å². The van der Waals surface area contributed by atoms with E-state index in [1.54, 1.807) is 43.8 Å². The molecule has 0 saturated heterocycles. The molecule has 3 heterocycles. The van der Waals surface area contributed by atoms with E-state index in [1.807, 2.05) is 0 Å². The quantitative estimate of drug-likeness (QED) is 0.494. The number of nitrogens with one attached hydrogen (secondary N) is 2. The lowest BCUT2D eigenvalue weighted by Crippen LogP contribution is -2.18. The molecule has 0 unspecified atom stereocenters. The molecule has 4 aromatic rings. The third kappa shape index (κ3) is 4.41. The van der Waals surface area contributed by atoms with Gasteiger partial charge in [0.05, 0.1) is 23.7 Å². The maximum atomic E-state index is 14.6. The summed E-state index contributed by atoms with van der Waals surface area (Å²) in [5, 5.41) is 9.26. The number of ether oxygens (including phenoxy) is 1. The number of hydrogen-bond donors (Lipinski definition) is 2. The number of imidazole rings is 1. The number of amides is 2. The number of fused-ring (bicyclic) bond motifs is 1. The van der Waals surface area contributed by atoms with E-state index in [0.717, 1.165) is 0 Å². The topological polar surface area (TPSA) is 115 Å². The zero-order chi connectivity index (χ0) is 22.8. The van der Waals surface area contributed by atoms with Crippen LogP contribution in [-0.4, -0.2) is 42.3 Å². The van der Waals surface area contributed by atoms with Crippen LogP contribution in [0.4, 0.5) is 20.6 Å². The molecule has 4 rings (SSSR count). The van der Waals surface area contributed by atoms with Crippen LogP contribution in [0.3, 0.4) is 0 Å². The summed E-state index contributed by atoms with van der Waals surface area (Å²) < 4.78 is 22.6. The van der Waals surface area contributed by atoms with Crippen molar-refractivity contribution < 1.29 is 18.7 Å². The molecule has 0 fully saturated rings. The lowest BCUT2D eigenvalue weighted by atomic mass is 10.1. The van der Waals surface area contributed by atoms with Crippen molar-refractivity contribution in [2.24, 2.45) is 7.05 Å². The molecule has 11 heteroatoms. The third-order valence-corrected chi connectivity index (χ3v) is 4.45. The highest BCUT2D eigenvalue weighted by Crippen LogP contribution is 2.26. The molecule has 0 spiro atoms. The van der Waals surface area contributed by atoms with Gasteiger partial charge < -0.3 is 10.1 Å². The summed E-state index contributed by atoms with van der Waals surface area (Å²) in [6, 6.07) is 5.78. The van der Waals surface area contributed by atoms with Crippen molar-refractivity contribution in [3.63, 3.8) is 0 Å². The number of carbonyl (C=O) groups is 2. The predicted octanol–water partition coefficient (Wildman–Crippen LogP) is 3.48. The minimum absolute atomic E-state index is 0.187. The van der Waals surface area contributed by atoms with E-state index in [-0.39, 0.29) is 17.6 Å². The van der Waals surface area contributed by atoms with Gasteiger partial charge in [0.15, 0.2) is 0 Å².